The SMILES string of the molecule is CC.CC1(C)OB(c2ccc3nc(N)ncc3c2)OC1(C)C. The zero-order valence-electron chi connectivity index (χ0n) is 14.2. The molecule has 2 heterocycles. The molecule has 5 nitrogen and oxygen atoms in total. The van der Waals surface area contributed by atoms with Crippen molar-refractivity contribution in [3.05, 3.63) is 24.4 Å². The summed E-state index contributed by atoms with van der Waals surface area (Å²) in [7, 11) is -0.373. The van der Waals surface area contributed by atoms with E-state index < -0.39 is 0 Å². The summed E-state index contributed by atoms with van der Waals surface area (Å²) in [6.07, 6.45) is 1.71. The van der Waals surface area contributed by atoms with Crippen molar-refractivity contribution in [3.63, 3.8) is 0 Å². The Morgan fingerprint density at radius 3 is 2.23 bits per heavy atom. The summed E-state index contributed by atoms with van der Waals surface area (Å²) in [5.74, 6) is 0.279. The van der Waals surface area contributed by atoms with E-state index in [-0.39, 0.29) is 24.3 Å². The van der Waals surface area contributed by atoms with Crippen LogP contribution >= 0.6 is 0 Å². The monoisotopic (exact) mass is 301 g/mol. The van der Waals surface area contributed by atoms with Gasteiger partial charge in [-0.1, -0.05) is 26.0 Å². The van der Waals surface area contributed by atoms with Crippen LogP contribution in [0.5, 0.6) is 0 Å². The second-order valence-electron chi connectivity index (χ2n) is 6.13. The Kier molecular flexibility index (Phi) is 4.45. The molecule has 2 aromatic rings. The number of benzene rings is 1. The fourth-order valence-corrected chi connectivity index (χ4v) is 2.19. The lowest BCUT2D eigenvalue weighted by atomic mass is 9.78. The van der Waals surface area contributed by atoms with Crippen LogP contribution in [-0.2, 0) is 9.31 Å². The van der Waals surface area contributed by atoms with Crippen LogP contribution in [0.3, 0.4) is 0 Å². The highest BCUT2D eigenvalue weighted by molar-refractivity contribution is 6.62. The normalized spacial score (nSPS) is 18.9. The van der Waals surface area contributed by atoms with Crippen molar-refractivity contribution in [2.45, 2.75) is 52.7 Å². The molecule has 0 atom stereocenters. The Morgan fingerprint density at radius 1 is 1.05 bits per heavy atom. The highest BCUT2D eigenvalue weighted by atomic mass is 16.7. The van der Waals surface area contributed by atoms with Crippen LogP contribution in [0, 0.1) is 0 Å². The number of hydrogen-bond acceptors (Lipinski definition) is 5. The molecule has 0 radical (unpaired) electrons. The number of aromatic nitrogens is 2. The molecule has 1 saturated heterocycles. The van der Waals surface area contributed by atoms with Crippen LogP contribution in [0.4, 0.5) is 5.95 Å². The molecule has 0 bridgehead atoms. The molecule has 0 amide bonds. The molecule has 22 heavy (non-hydrogen) atoms. The first kappa shape index (κ1) is 16.7. The molecule has 2 N–H and O–H groups in total. The molecule has 1 aliphatic heterocycles. The predicted molar refractivity (Wildman–Crippen MR) is 91.0 cm³/mol. The minimum absolute atomic E-state index is 0.279. The fourth-order valence-electron chi connectivity index (χ4n) is 2.19. The summed E-state index contributed by atoms with van der Waals surface area (Å²) in [6.45, 7) is 12.2. The highest BCUT2D eigenvalue weighted by Crippen LogP contribution is 2.36. The first-order chi connectivity index (χ1) is 10.3. The van der Waals surface area contributed by atoms with Crippen molar-refractivity contribution < 1.29 is 9.31 Å². The molecule has 1 aromatic carbocycles. The second-order valence-corrected chi connectivity index (χ2v) is 6.13. The van der Waals surface area contributed by atoms with Crippen molar-refractivity contribution >= 4 is 29.4 Å². The third kappa shape index (κ3) is 2.94. The molecule has 6 heteroatoms. The van der Waals surface area contributed by atoms with Crippen molar-refractivity contribution in [2.24, 2.45) is 0 Å². The van der Waals surface area contributed by atoms with Gasteiger partial charge in [-0.15, -0.1) is 0 Å². The van der Waals surface area contributed by atoms with Gasteiger partial charge in [-0.05, 0) is 39.2 Å². The van der Waals surface area contributed by atoms with Gasteiger partial charge in [0.2, 0.25) is 5.95 Å². The number of rotatable bonds is 1. The number of nitrogens with zero attached hydrogens (tertiary/aromatic N) is 2. The van der Waals surface area contributed by atoms with Gasteiger partial charge >= 0.3 is 7.12 Å². The van der Waals surface area contributed by atoms with Crippen molar-refractivity contribution in [2.75, 3.05) is 5.73 Å². The Balaban J connectivity index is 0.000000847. The van der Waals surface area contributed by atoms with Gasteiger partial charge in [0.15, 0.2) is 0 Å². The van der Waals surface area contributed by atoms with Crippen LogP contribution in [0.1, 0.15) is 41.5 Å². The number of hydrogen-bond donors (Lipinski definition) is 1. The van der Waals surface area contributed by atoms with E-state index in [1.807, 2.05) is 59.7 Å². The minimum Gasteiger partial charge on any atom is -0.399 e. The molecule has 0 spiro atoms. The molecule has 0 aliphatic carbocycles. The topological polar surface area (TPSA) is 70.3 Å². The van der Waals surface area contributed by atoms with Crippen LogP contribution in [-0.4, -0.2) is 28.3 Å². The first-order valence-corrected chi connectivity index (χ1v) is 7.66. The molecule has 0 unspecified atom stereocenters. The van der Waals surface area contributed by atoms with E-state index >= 15 is 0 Å². The highest BCUT2D eigenvalue weighted by Gasteiger charge is 2.51. The molecule has 0 saturated carbocycles. The van der Waals surface area contributed by atoms with E-state index in [2.05, 4.69) is 9.97 Å². The quantitative estimate of drug-likeness (QED) is 0.820. The van der Waals surface area contributed by atoms with Gasteiger partial charge in [-0.2, -0.15) is 0 Å². The summed E-state index contributed by atoms with van der Waals surface area (Å²) >= 11 is 0. The van der Waals surface area contributed by atoms with Crippen molar-refractivity contribution in [3.8, 4) is 0 Å². The van der Waals surface area contributed by atoms with Gasteiger partial charge in [-0.3, -0.25) is 0 Å². The zero-order chi connectivity index (χ0) is 16.5. The molecular weight excluding hydrogens is 277 g/mol. The van der Waals surface area contributed by atoms with Gasteiger partial charge in [0.25, 0.3) is 0 Å². The van der Waals surface area contributed by atoms with Crippen molar-refractivity contribution in [1.82, 2.24) is 9.97 Å². The fraction of sp³-hybridized carbons (Fsp3) is 0.500. The number of anilines is 1. The average Bonchev–Trinajstić information content (AvgIpc) is 2.69. The number of fused-ring (bicyclic) bond motifs is 1. The summed E-state index contributed by atoms with van der Waals surface area (Å²) < 4.78 is 12.1. The van der Waals surface area contributed by atoms with Gasteiger partial charge in [0, 0.05) is 11.6 Å². The van der Waals surface area contributed by atoms with E-state index in [0.717, 1.165) is 16.4 Å². The molecular formula is C16H24BN3O2. The molecule has 1 aromatic heterocycles. The Hall–Kier alpha value is -1.66. The van der Waals surface area contributed by atoms with Crippen LogP contribution < -0.4 is 11.2 Å². The average molecular weight is 301 g/mol. The standard InChI is InChI=1S/C14H18BN3O2.C2H6/c1-13(2)14(3,4)20-15(19-13)10-5-6-11-9(7-10)8-17-12(16)18-11;1-2/h5-8H,1-4H3,(H2,16,17,18);1-2H3. The maximum absolute atomic E-state index is 6.04. The third-order valence-corrected chi connectivity index (χ3v) is 4.15. The van der Waals surface area contributed by atoms with Crippen LogP contribution in [0.25, 0.3) is 10.9 Å². The van der Waals surface area contributed by atoms with Crippen LogP contribution in [0.2, 0.25) is 0 Å². The maximum Gasteiger partial charge on any atom is 0.494 e. The van der Waals surface area contributed by atoms with Gasteiger partial charge < -0.3 is 15.0 Å². The Labute approximate surface area is 132 Å². The smallest absolute Gasteiger partial charge is 0.399 e. The second kappa shape index (κ2) is 5.86. The van der Waals surface area contributed by atoms with E-state index in [9.17, 15) is 0 Å². The summed E-state index contributed by atoms with van der Waals surface area (Å²) in [5.41, 5.74) is 6.68. The van der Waals surface area contributed by atoms with E-state index in [1.165, 1.54) is 0 Å². The first-order valence-electron chi connectivity index (χ1n) is 7.66. The number of nitrogens with two attached hydrogens (primary N) is 1. The van der Waals surface area contributed by atoms with Gasteiger partial charge in [0.05, 0.1) is 16.7 Å². The van der Waals surface area contributed by atoms with E-state index in [4.69, 9.17) is 15.0 Å². The summed E-state index contributed by atoms with van der Waals surface area (Å²) in [5, 5.41) is 0.923. The molecule has 118 valence electrons. The molecule has 1 aliphatic rings. The van der Waals surface area contributed by atoms with Crippen LogP contribution in [0.15, 0.2) is 24.4 Å². The zero-order valence-corrected chi connectivity index (χ0v) is 14.2. The summed E-state index contributed by atoms with van der Waals surface area (Å²) in [6, 6.07) is 5.85. The lowest BCUT2D eigenvalue weighted by molar-refractivity contribution is 0.00578. The van der Waals surface area contributed by atoms with E-state index in [0.29, 0.717) is 0 Å². The van der Waals surface area contributed by atoms with Gasteiger partial charge in [-0.25, -0.2) is 9.97 Å². The number of nitrogen functional groups attached to an aromatic ring is 1. The largest absolute Gasteiger partial charge is 0.494 e. The molecule has 1 fully saturated rings. The summed E-state index contributed by atoms with van der Waals surface area (Å²) in [4.78, 5) is 8.20. The van der Waals surface area contributed by atoms with Gasteiger partial charge in [0.1, 0.15) is 0 Å². The third-order valence-electron chi connectivity index (χ3n) is 4.15. The Bertz CT molecular complexity index is 657. The van der Waals surface area contributed by atoms with Crippen molar-refractivity contribution in [1.29, 1.82) is 0 Å². The van der Waals surface area contributed by atoms with E-state index in [1.54, 1.807) is 6.20 Å². The lowest BCUT2D eigenvalue weighted by Crippen LogP contribution is -2.41. The lowest BCUT2D eigenvalue weighted by Gasteiger charge is -2.32. The Morgan fingerprint density at radius 2 is 1.64 bits per heavy atom. The molecule has 3 rings (SSSR count). The predicted octanol–water partition coefficient (Wildman–Crippen LogP) is 2.54. The maximum atomic E-state index is 6.04. The minimum atomic E-state index is -0.373.